The normalized spacial score (nSPS) is 18.9. The first-order valence-corrected chi connectivity index (χ1v) is 13.1. The zero-order chi connectivity index (χ0) is 25.7. The van der Waals surface area contributed by atoms with Crippen LogP contribution in [0.4, 0.5) is 5.82 Å². The van der Waals surface area contributed by atoms with Crippen LogP contribution in [0.15, 0.2) is 35.1 Å². The quantitative estimate of drug-likeness (QED) is 0.410. The number of aromatic nitrogens is 5. The van der Waals surface area contributed by atoms with Gasteiger partial charge in [0.1, 0.15) is 11.6 Å². The first-order valence-electron chi connectivity index (χ1n) is 13.1. The maximum Gasteiger partial charge on any atom is 0.165 e. The van der Waals surface area contributed by atoms with Crippen molar-refractivity contribution in [2.45, 2.75) is 65.1 Å². The Balaban J connectivity index is 1.49. The molecule has 4 heterocycles. The lowest BCUT2D eigenvalue weighted by Crippen LogP contribution is -2.51. The van der Waals surface area contributed by atoms with Gasteiger partial charge in [-0.1, -0.05) is 17.6 Å². The van der Waals surface area contributed by atoms with Crippen LogP contribution in [0.25, 0.3) is 33.4 Å². The maximum atomic E-state index is 10.2. The zero-order valence-corrected chi connectivity index (χ0v) is 21.9. The lowest BCUT2D eigenvalue weighted by molar-refractivity contribution is 0.0577. The fourth-order valence-electron chi connectivity index (χ4n) is 5.57. The minimum Gasteiger partial charge on any atom is -0.389 e. The second-order valence-corrected chi connectivity index (χ2v) is 11.1. The van der Waals surface area contributed by atoms with Gasteiger partial charge >= 0.3 is 0 Å². The highest BCUT2D eigenvalue weighted by atomic mass is 16.5. The molecule has 2 fully saturated rings. The molecule has 4 aromatic rings. The molecule has 1 aromatic carbocycles. The minimum absolute atomic E-state index is 0.300. The van der Waals surface area contributed by atoms with Crippen molar-refractivity contribution in [1.82, 2.24) is 24.9 Å². The summed E-state index contributed by atoms with van der Waals surface area (Å²) in [5, 5.41) is 19.9. The van der Waals surface area contributed by atoms with Crippen molar-refractivity contribution >= 4 is 16.7 Å². The van der Waals surface area contributed by atoms with Gasteiger partial charge in [-0.3, -0.25) is 4.68 Å². The molecule has 1 N–H and O–H groups in total. The van der Waals surface area contributed by atoms with E-state index in [1.54, 1.807) is 24.7 Å². The fraction of sp³-hybridized carbons (Fsp3) is 0.500. The second kappa shape index (κ2) is 9.22. The van der Waals surface area contributed by atoms with Gasteiger partial charge in [-0.15, -0.1) is 0 Å². The average molecular weight is 503 g/mol. The minimum atomic E-state index is -0.864. The van der Waals surface area contributed by atoms with Crippen LogP contribution in [0.1, 0.15) is 44.6 Å². The smallest absolute Gasteiger partial charge is 0.165 e. The van der Waals surface area contributed by atoms with E-state index < -0.39 is 5.60 Å². The van der Waals surface area contributed by atoms with Gasteiger partial charge in [-0.05, 0) is 64.2 Å². The summed E-state index contributed by atoms with van der Waals surface area (Å²) >= 11 is 0. The average Bonchev–Trinajstić information content (AvgIpc) is 3.42. The number of aryl methyl sites for hydroxylation is 2. The van der Waals surface area contributed by atoms with Gasteiger partial charge in [-0.2, -0.15) is 5.10 Å². The summed E-state index contributed by atoms with van der Waals surface area (Å²) in [6.45, 7) is 10.0. The Labute approximate surface area is 216 Å². The largest absolute Gasteiger partial charge is 0.389 e. The molecule has 1 aliphatic heterocycles. The van der Waals surface area contributed by atoms with E-state index in [9.17, 15) is 5.11 Å². The standard InChI is InChI=1S/C28H34N6O3/c1-17-25(18(2)37-32-17)20-8-9-23-22(12-20)27(34-10-11-36-15-24(34)19-6-5-7-19)31-26(30-23)21-13-29-33(14-21)16-28(3,4)35/h8-9,12-14,19,24,35H,5-7,10-11,15-16H2,1-4H3/t24-/m1/s1. The molecular weight excluding hydrogens is 468 g/mol. The second-order valence-electron chi connectivity index (χ2n) is 11.1. The molecule has 1 atom stereocenters. The molecule has 0 bridgehead atoms. The highest BCUT2D eigenvalue weighted by molar-refractivity contribution is 5.94. The van der Waals surface area contributed by atoms with Crippen LogP contribution in [-0.2, 0) is 11.3 Å². The molecule has 1 saturated carbocycles. The molecule has 1 aliphatic carbocycles. The number of nitrogens with zero attached hydrogens (tertiary/aromatic N) is 6. The molecule has 2 aliphatic rings. The third-order valence-electron chi connectivity index (χ3n) is 7.57. The highest BCUT2D eigenvalue weighted by Gasteiger charge is 2.36. The Bertz CT molecular complexity index is 1410. The van der Waals surface area contributed by atoms with Crippen LogP contribution in [-0.4, -0.2) is 61.4 Å². The van der Waals surface area contributed by atoms with E-state index in [1.807, 2.05) is 20.0 Å². The Morgan fingerprint density at radius 3 is 2.68 bits per heavy atom. The molecular formula is C28H34N6O3. The number of rotatable bonds is 6. The predicted octanol–water partition coefficient (Wildman–Crippen LogP) is 4.54. The van der Waals surface area contributed by atoms with Crippen molar-refractivity contribution in [3.8, 4) is 22.5 Å². The van der Waals surface area contributed by atoms with Crippen molar-refractivity contribution < 1.29 is 14.4 Å². The molecule has 3 aromatic heterocycles. The summed E-state index contributed by atoms with van der Waals surface area (Å²) in [5.41, 5.74) is 3.78. The topological polar surface area (TPSA) is 102 Å². The Morgan fingerprint density at radius 1 is 1.14 bits per heavy atom. The van der Waals surface area contributed by atoms with Crippen molar-refractivity contribution in [2.24, 2.45) is 5.92 Å². The van der Waals surface area contributed by atoms with E-state index in [-0.39, 0.29) is 0 Å². The van der Waals surface area contributed by atoms with Gasteiger partial charge in [0.05, 0.1) is 54.4 Å². The third kappa shape index (κ3) is 4.62. The fourth-order valence-corrected chi connectivity index (χ4v) is 5.57. The highest BCUT2D eigenvalue weighted by Crippen LogP contribution is 2.39. The van der Waals surface area contributed by atoms with Gasteiger partial charge in [-0.25, -0.2) is 9.97 Å². The van der Waals surface area contributed by atoms with E-state index in [2.05, 4.69) is 33.4 Å². The van der Waals surface area contributed by atoms with Crippen LogP contribution in [0.3, 0.4) is 0 Å². The summed E-state index contributed by atoms with van der Waals surface area (Å²) in [5.74, 6) is 2.99. The van der Waals surface area contributed by atoms with E-state index >= 15 is 0 Å². The molecule has 37 heavy (non-hydrogen) atoms. The van der Waals surface area contributed by atoms with Crippen molar-refractivity contribution in [3.05, 3.63) is 42.0 Å². The Morgan fingerprint density at radius 2 is 1.97 bits per heavy atom. The van der Waals surface area contributed by atoms with Gasteiger partial charge in [0, 0.05) is 23.7 Å². The lowest BCUT2D eigenvalue weighted by Gasteiger charge is -2.44. The summed E-state index contributed by atoms with van der Waals surface area (Å²) in [6.07, 6.45) is 7.42. The maximum absolute atomic E-state index is 10.2. The van der Waals surface area contributed by atoms with Gasteiger partial charge in [0.2, 0.25) is 0 Å². The molecule has 0 amide bonds. The molecule has 6 rings (SSSR count). The van der Waals surface area contributed by atoms with E-state index in [4.69, 9.17) is 19.2 Å². The van der Waals surface area contributed by atoms with E-state index in [0.717, 1.165) is 58.0 Å². The van der Waals surface area contributed by atoms with Crippen LogP contribution in [0.5, 0.6) is 0 Å². The molecule has 0 spiro atoms. The summed E-state index contributed by atoms with van der Waals surface area (Å²) in [6, 6.07) is 6.61. The summed E-state index contributed by atoms with van der Waals surface area (Å²) in [4.78, 5) is 12.6. The first-order chi connectivity index (χ1) is 17.8. The van der Waals surface area contributed by atoms with Gasteiger partial charge in [0.15, 0.2) is 5.82 Å². The van der Waals surface area contributed by atoms with E-state index in [0.29, 0.717) is 30.9 Å². The number of fused-ring (bicyclic) bond motifs is 1. The molecule has 1 saturated heterocycles. The van der Waals surface area contributed by atoms with Crippen molar-refractivity contribution in [1.29, 1.82) is 0 Å². The van der Waals surface area contributed by atoms with Crippen LogP contribution >= 0.6 is 0 Å². The number of morpholine rings is 1. The number of aliphatic hydroxyl groups is 1. The van der Waals surface area contributed by atoms with Crippen molar-refractivity contribution in [3.63, 3.8) is 0 Å². The Hall–Kier alpha value is -3.30. The summed E-state index contributed by atoms with van der Waals surface area (Å²) < 4.78 is 13.1. The van der Waals surface area contributed by atoms with Crippen LogP contribution < -0.4 is 4.90 Å². The molecule has 9 heteroatoms. The van der Waals surface area contributed by atoms with Gasteiger partial charge < -0.3 is 19.3 Å². The van der Waals surface area contributed by atoms with Crippen molar-refractivity contribution in [2.75, 3.05) is 24.7 Å². The molecule has 9 nitrogen and oxygen atoms in total. The molecule has 0 radical (unpaired) electrons. The lowest BCUT2D eigenvalue weighted by atomic mass is 9.79. The SMILES string of the molecule is Cc1noc(C)c1-c1ccc2nc(-c3cnn(CC(C)(C)O)c3)nc(N3CCOC[C@@H]3C3CCC3)c2c1. The number of anilines is 1. The molecule has 0 unspecified atom stereocenters. The van der Waals surface area contributed by atoms with Crippen LogP contribution in [0, 0.1) is 19.8 Å². The third-order valence-corrected chi connectivity index (χ3v) is 7.57. The zero-order valence-electron chi connectivity index (χ0n) is 21.9. The number of benzene rings is 1. The van der Waals surface area contributed by atoms with E-state index in [1.165, 1.54) is 19.3 Å². The number of ether oxygens (including phenoxy) is 1. The monoisotopic (exact) mass is 502 g/mol. The first kappa shape index (κ1) is 24.1. The Kier molecular flexibility index (Phi) is 6.00. The van der Waals surface area contributed by atoms with Crippen LogP contribution in [0.2, 0.25) is 0 Å². The number of hydrogen-bond acceptors (Lipinski definition) is 8. The predicted molar refractivity (Wildman–Crippen MR) is 141 cm³/mol. The summed E-state index contributed by atoms with van der Waals surface area (Å²) in [7, 11) is 0. The van der Waals surface area contributed by atoms with Gasteiger partial charge in [0.25, 0.3) is 0 Å². The molecule has 194 valence electrons. The number of hydrogen-bond donors (Lipinski definition) is 1.